The molecule has 4 aromatic rings. The highest BCUT2D eigenvalue weighted by Crippen LogP contribution is 2.44. The predicted octanol–water partition coefficient (Wildman–Crippen LogP) is 6.36. The van der Waals surface area contributed by atoms with Crippen LogP contribution < -0.4 is 9.47 Å². The molecule has 0 spiro atoms. The summed E-state index contributed by atoms with van der Waals surface area (Å²) in [5.74, 6) is 1.28. The van der Waals surface area contributed by atoms with Gasteiger partial charge in [0.2, 0.25) is 5.78 Å². The largest absolute Gasteiger partial charge is 0.497 e. The summed E-state index contributed by atoms with van der Waals surface area (Å²) in [7, 11) is 1.61. The highest BCUT2D eigenvalue weighted by atomic mass is 79.9. The van der Waals surface area contributed by atoms with E-state index in [0.29, 0.717) is 23.5 Å². The Kier molecular flexibility index (Phi) is 5.11. The molecule has 6 heteroatoms. The number of carbonyl (C=O) groups excluding carboxylic acids is 1. The third-order valence-corrected chi connectivity index (χ3v) is 6.93. The van der Waals surface area contributed by atoms with Crippen molar-refractivity contribution in [2.45, 2.75) is 18.7 Å². The Morgan fingerprint density at radius 1 is 1.00 bits per heavy atom. The van der Waals surface area contributed by atoms with Gasteiger partial charge in [-0.1, -0.05) is 52.3 Å². The molecule has 0 fully saturated rings. The summed E-state index contributed by atoms with van der Waals surface area (Å²) < 4.78 is 12.4. The van der Waals surface area contributed by atoms with Crippen LogP contribution in [-0.4, -0.2) is 29.8 Å². The van der Waals surface area contributed by atoms with Gasteiger partial charge in [-0.3, -0.25) is 4.79 Å². The van der Waals surface area contributed by atoms with E-state index in [-0.39, 0.29) is 11.8 Å². The van der Waals surface area contributed by atoms with Crippen LogP contribution in [0.1, 0.15) is 33.9 Å². The van der Waals surface area contributed by atoms with Crippen molar-refractivity contribution in [1.29, 1.82) is 0 Å². The first-order chi connectivity index (χ1) is 16.6. The lowest BCUT2D eigenvalue weighted by Gasteiger charge is -2.37. The molecule has 2 aliphatic heterocycles. The minimum Gasteiger partial charge on any atom is -0.497 e. The first kappa shape index (κ1) is 20.9. The van der Waals surface area contributed by atoms with Crippen molar-refractivity contribution in [3.63, 3.8) is 0 Å². The van der Waals surface area contributed by atoms with Gasteiger partial charge in [-0.05, 0) is 64.9 Å². The molecule has 0 aromatic heterocycles. The lowest BCUT2D eigenvalue weighted by atomic mass is 9.95. The van der Waals surface area contributed by atoms with Crippen LogP contribution in [0.2, 0.25) is 0 Å². The van der Waals surface area contributed by atoms with E-state index in [4.69, 9.17) is 14.6 Å². The molecule has 5 nitrogen and oxygen atoms in total. The van der Waals surface area contributed by atoms with E-state index < -0.39 is 6.23 Å². The smallest absolute Gasteiger partial charge is 0.251 e. The standard InChI is InChI=1S/C28H21BrN2O3/c1-33-22-11-8-18(9-12-22)27(32)28-31-25(23-15-21(29)10-13-26(23)34-28)16-24(30-31)20-7-6-17-4-2-3-5-19(17)14-20/h2-15,25,28H,16H2,1H3/t25-,28+/m1/s1. The molecule has 168 valence electrons. The first-order valence-corrected chi connectivity index (χ1v) is 11.9. The molecule has 0 bridgehead atoms. The number of carbonyl (C=O) groups is 1. The molecule has 4 aromatic carbocycles. The number of hydrogen-bond acceptors (Lipinski definition) is 5. The monoisotopic (exact) mass is 512 g/mol. The van der Waals surface area contributed by atoms with Crippen molar-refractivity contribution < 1.29 is 14.3 Å². The Hall–Kier alpha value is -3.64. The molecule has 0 amide bonds. The lowest BCUT2D eigenvalue weighted by molar-refractivity contribution is -0.00459. The molecule has 2 atom stereocenters. The molecule has 0 radical (unpaired) electrons. The number of halogens is 1. The lowest BCUT2D eigenvalue weighted by Crippen LogP contribution is -2.45. The Bertz CT molecular complexity index is 1450. The summed E-state index contributed by atoms with van der Waals surface area (Å²) in [5.41, 5.74) is 3.58. The molecule has 0 aliphatic carbocycles. The van der Waals surface area contributed by atoms with Crippen LogP contribution >= 0.6 is 15.9 Å². The number of nitrogens with zero attached hydrogens (tertiary/aromatic N) is 2. The maximum Gasteiger partial charge on any atom is 0.251 e. The fourth-order valence-corrected chi connectivity index (χ4v) is 5.05. The van der Waals surface area contributed by atoms with Crippen LogP contribution in [0.3, 0.4) is 0 Å². The van der Waals surface area contributed by atoms with Crippen molar-refractivity contribution in [2.24, 2.45) is 5.10 Å². The van der Waals surface area contributed by atoms with Crippen molar-refractivity contribution in [3.05, 3.63) is 106 Å². The van der Waals surface area contributed by atoms with E-state index in [2.05, 4.69) is 52.3 Å². The van der Waals surface area contributed by atoms with Crippen LogP contribution in [0.15, 0.2) is 94.5 Å². The number of benzene rings is 4. The van der Waals surface area contributed by atoms with Gasteiger partial charge in [0.1, 0.15) is 11.5 Å². The number of hydrogen-bond donors (Lipinski definition) is 0. The van der Waals surface area contributed by atoms with Gasteiger partial charge in [-0.2, -0.15) is 5.10 Å². The van der Waals surface area contributed by atoms with Crippen molar-refractivity contribution in [3.8, 4) is 11.5 Å². The Labute approximate surface area is 205 Å². The van der Waals surface area contributed by atoms with E-state index in [1.54, 1.807) is 31.4 Å². The zero-order valence-electron chi connectivity index (χ0n) is 18.4. The van der Waals surface area contributed by atoms with Gasteiger partial charge >= 0.3 is 0 Å². The van der Waals surface area contributed by atoms with Crippen molar-refractivity contribution in [1.82, 2.24) is 5.01 Å². The number of fused-ring (bicyclic) bond motifs is 4. The van der Waals surface area contributed by atoms with Crippen LogP contribution in [-0.2, 0) is 0 Å². The Balaban J connectivity index is 1.41. The maximum atomic E-state index is 13.6. The molecule has 0 unspecified atom stereocenters. The van der Waals surface area contributed by atoms with Crippen LogP contribution in [0.4, 0.5) is 0 Å². The van der Waals surface area contributed by atoms with E-state index >= 15 is 0 Å². The third kappa shape index (κ3) is 3.55. The minimum atomic E-state index is -0.843. The number of hydrazone groups is 1. The summed E-state index contributed by atoms with van der Waals surface area (Å²) >= 11 is 3.58. The average molecular weight is 513 g/mol. The molecule has 2 aliphatic rings. The highest BCUT2D eigenvalue weighted by molar-refractivity contribution is 9.10. The summed E-state index contributed by atoms with van der Waals surface area (Å²) in [6, 6.07) is 27.6. The molecular formula is C28H21BrN2O3. The molecule has 0 N–H and O–H groups in total. The summed E-state index contributed by atoms with van der Waals surface area (Å²) in [6.45, 7) is 0. The van der Waals surface area contributed by atoms with Gasteiger partial charge in [0, 0.05) is 22.0 Å². The SMILES string of the molecule is COc1ccc(C(=O)[C@@H]2Oc3ccc(Br)cc3[C@H]3CC(c4ccc5ccccc5c4)=NN32)cc1. The minimum absolute atomic E-state index is 0.0880. The molecule has 6 rings (SSSR count). The second kappa shape index (κ2) is 8.29. The Morgan fingerprint density at radius 2 is 1.79 bits per heavy atom. The molecular weight excluding hydrogens is 492 g/mol. The van der Waals surface area contributed by atoms with E-state index in [9.17, 15) is 4.79 Å². The second-order valence-electron chi connectivity index (χ2n) is 8.45. The van der Waals surface area contributed by atoms with Gasteiger partial charge < -0.3 is 9.47 Å². The topological polar surface area (TPSA) is 51.1 Å². The van der Waals surface area contributed by atoms with Gasteiger partial charge in [0.15, 0.2) is 0 Å². The number of rotatable bonds is 4. The molecule has 0 saturated carbocycles. The molecule has 0 saturated heterocycles. The fraction of sp³-hybridized carbons (Fsp3) is 0.143. The highest BCUT2D eigenvalue weighted by Gasteiger charge is 2.43. The maximum absolute atomic E-state index is 13.6. The summed E-state index contributed by atoms with van der Waals surface area (Å²) in [5, 5.41) is 9.12. The van der Waals surface area contributed by atoms with Crippen LogP contribution in [0.5, 0.6) is 11.5 Å². The average Bonchev–Trinajstić information content (AvgIpc) is 3.33. The summed E-state index contributed by atoms with van der Waals surface area (Å²) in [6.07, 6.45) is -0.151. The molecule has 34 heavy (non-hydrogen) atoms. The zero-order chi connectivity index (χ0) is 23.2. The summed E-state index contributed by atoms with van der Waals surface area (Å²) in [4.78, 5) is 13.6. The predicted molar refractivity (Wildman–Crippen MR) is 136 cm³/mol. The number of ether oxygens (including phenoxy) is 2. The number of Topliss-reactive ketones (excluding diaryl/α,β-unsaturated/α-hetero) is 1. The fourth-order valence-electron chi connectivity index (χ4n) is 4.67. The second-order valence-corrected chi connectivity index (χ2v) is 9.37. The Morgan fingerprint density at radius 3 is 2.59 bits per heavy atom. The van der Waals surface area contributed by atoms with E-state index in [0.717, 1.165) is 26.7 Å². The number of ketones is 1. The third-order valence-electron chi connectivity index (χ3n) is 6.43. The van der Waals surface area contributed by atoms with Gasteiger partial charge in [0.25, 0.3) is 6.23 Å². The van der Waals surface area contributed by atoms with E-state index in [1.165, 1.54) is 5.39 Å². The zero-order valence-corrected chi connectivity index (χ0v) is 20.0. The van der Waals surface area contributed by atoms with Gasteiger partial charge in [-0.15, -0.1) is 0 Å². The number of methoxy groups -OCH3 is 1. The quantitative estimate of drug-likeness (QED) is 0.298. The molecule has 2 heterocycles. The van der Waals surface area contributed by atoms with Gasteiger partial charge in [0.05, 0.1) is 18.9 Å². The van der Waals surface area contributed by atoms with Crippen LogP contribution in [0.25, 0.3) is 10.8 Å². The van der Waals surface area contributed by atoms with Crippen LogP contribution in [0, 0.1) is 0 Å². The normalized spacial score (nSPS) is 18.6. The van der Waals surface area contributed by atoms with Crippen molar-refractivity contribution in [2.75, 3.05) is 7.11 Å². The van der Waals surface area contributed by atoms with E-state index in [1.807, 2.05) is 29.3 Å². The first-order valence-electron chi connectivity index (χ1n) is 11.1. The van der Waals surface area contributed by atoms with Crippen molar-refractivity contribution >= 4 is 38.2 Å². The van der Waals surface area contributed by atoms with Gasteiger partial charge in [-0.25, -0.2) is 5.01 Å².